The quantitative estimate of drug-likeness (QED) is 0.794. The number of halogens is 3. The lowest BCUT2D eigenvalue weighted by molar-refractivity contribution is 0.0484. The molecule has 1 fully saturated rings. The minimum Gasteiger partial charge on any atom is -0.333 e. The number of piperidine rings is 1. The molecule has 3 heterocycles. The average Bonchev–Trinajstić information content (AvgIpc) is 2.68. The number of hydrogen-bond donors (Lipinski definition) is 1. The van der Waals surface area contributed by atoms with E-state index in [1.54, 1.807) is 0 Å². The lowest BCUT2D eigenvalue weighted by Crippen LogP contribution is -2.55. The first kappa shape index (κ1) is 16.1. The van der Waals surface area contributed by atoms with Crippen molar-refractivity contribution in [1.82, 2.24) is 14.8 Å². The highest BCUT2D eigenvalue weighted by atomic mass is 35.5. The van der Waals surface area contributed by atoms with Crippen LogP contribution in [0.2, 0.25) is 5.15 Å². The predicted octanol–water partition coefficient (Wildman–Crippen LogP) is 2.51. The van der Waals surface area contributed by atoms with E-state index in [1.807, 2.05) is 6.07 Å². The summed E-state index contributed by atoms with van der Waals surface area (Å²) in [7, 11) is 2.25. The van der Waals surface area contributed by atoms with E-state index in [0.717, 1.165) is 31.3 Å². The van der Waals surface area contributed by atoms with Crippen molar-refractivity contribution in [2.75, 3.05) is 26.7 Å². The van der Waals surface area contributed by atoms with Gasteiger partial charge in [0.2, 0.25) is 0 Å². The van der Waals surface area contributed by atoms with E-state index in [9.17, 15) is 0 Å². The Labute approximate surface area is 126 Å². The molecule has 1 saturated heterocycles. The summed E-state index contributed by atoms with van der Waals surface area (Å²) in [5.74, 6) is 0. The van der Waals surface area contributed by atoms with Gasteiger partial charge in [-0.1, -0.05) is 11.6 Å². The zero-order valence-electron chi connectivity index (χ0n) is 10.5. The zero-order valence-corrected chi connectivity index (χ0v) is 12.9. The Kier molecular flexibility index (Phi) is 5.39. The number of fused-ring (bicyclic) bond motifs is 2. The second kappa shape index (κ2) is 6.02. The smallest absolute Gasteiger partial charge is 0.109 e. The normalized spacial score (nSPS) is 21.9. The lowest BCUT2D eigenvalue weighted by Gasteiger charge is -2.48. The van der Waals surface area contributed by atoms with Crippen LogP contribution in [0.4, 0.5) is 0 Å². The summed E-state index contributed by atoms with van der Waals surface area (Å²) in [6.07, 6.45) is 2.37. The van der Waals surface area contributed by atoms with Gasteiger partial charge < -0.3 is 9.88 Å². The van der Waals surface area contributed by atoms with Crippen LogP contribution in [0.1, 0.15) is 18.5 Å². The molecule has 1 aromatic heterocycles. The Morgan fingerprint density at radius 2 is 1.83 bits per heavy atom. The van der Waals surface area contributed by atoms with Crippen LogP contribution in [0.25, 0.3) is 0 Å². The van der Waals surface area contributed by atoms with Gasteiger partial charge in [0.15, 0.2) is 0 Å². The van der Waals surface area contributed by atoms with Gasteiger partial charge in [-0.05, 0) is 45.1 Å². The molecule has 2 aliphatic rings. The second-order valence-corrected chi connectivity index (χ2v) is 5.28. The Morgan fingerprint density at radius 3 is 2.50 bits per heavy atom. The van der Waals surface area contributed by atoms with Crippen molar-refractivity contribution in [3.05, 3.63) is 23.0 Å². The van der Waals surface area contributed by atoms with Gasteiger partial charge in [0.25, 0.3) is 0 Å². The predicted molar refractivity (Wildman–Crippen MR) is 80.3 cm³/mol. The molecule has 3 rings (SSSR count). The largest absolute Gasteiger partial charge is 0.333 e. The molecule has 1 aromatic rings. The highest BCUT2D eigenvalue weighted by Gasteiger charge is 2.42. The van der Waals surface area contributed by atoms with Gasteiger partial charge in [-0.15, -0.1) is 24.8 Å². The lowest BCUT2D eigenvalue weighted by atomic mass is 9.82. The Hall–Kier alpha value is 0.0700. The van der Waals surface area contributed by atoms with E-state index in [-0.39, 0.29) is 30.4 Å². The molecule has 2 aliphatic heterocycles. The summed E-state index contributed by atoms with van der Waals surface area (Å²) in [6, 6.07) is 4.25. The van der Waals surface area contributed by atoms with Crippen LogP contribution >= 0.6 is 36.4 Å². The van der Waals surface area contributed by atoms with Crippen LogP contribution in [0.5, 0.6) is 0 Å². The van der Waals surface area contributed by atoms with Gasteiger partial charge in [0, 0.05) is 18.8 Å². The summed E-state index contributed by atoms with van der Waals surface area (Å²) in [5, 5.41) is 4.34. The fraction of sp³-hybridized carbons (Fsp3) is 0.667. The number of nitrogens with zero attached hydrogens (tertiary/aromatic N) is 2. The van der Waals surface area contributed by atoms with Crippen molar-refractivity contribution >= 4 is 36.4 Å². The molecule has 3 nitrogen and oxygen atoms in total. The van der Waals surface area contributed by atoms with Gasteiger partial charge in [-0.25, -0.2) is 0 Å². The Bertz CT molecular complexity index is 399. The van der Waals surface area contributed by atoms with E-state index < -0.39 is 0 Å². The van der Waals surface area contributed by atoms with E-state index >= 15 is 0 Å². The molecule has 0 unspecified atom stereocenters. The van der Waals surface area contributed by atoms with E-state index in [4.69, 9.17) is 11.6 Å². The topological polar surface area (TPSA) is 20.2 Å². The van der Waals surface area contributed by atoms with Gasteiger partial charge in [0.1, 0.15) is 5.15 Å². The summed E-state index contributed by atoms with van der Waals surface area (Å²) in [5.41, 5.74) is 1.63. The highest BCUT2D eigenvalue weighted by Crippen LogP contribution is 2.40. The number of nitrogens with one attached hydrogen (secondary N) is 1. The maximum atomic E-state index is 6.24. The van der Waals surface area contributed by atoms with Gasteiger partial charge >= 0.3 is 0 Å². The second-order valence-electron chi connectivity index (χ2n) is 4.90. The van der Waals surface area contributed by atoms with Crippen LogP contribution in [0.3, 0.4) is 0 Å². The SMILES string of the molecule is CN1CCn2c(Cl)ccc2C12CCNCC2.Cl.Cl. The summed E-state index contributed by atoms with van der Waals surface area (Å²) >= 11 is 6.24. The molecule has 104 valence electrons. The van der Waals surface area contributed by atoms with Crippen LogP contribution in [0, 0.1) is 0 Å². The molecule has 6 heteroatoms. The van der Waals surface area contributed by atoms with Gasteiger partial charge in [-0.3, -0.25) is 4.90 Å². The first-order valence-electron chi connectivity index (χ1n) is 6.01. The van der Waals surface area contributed by atoms with E-state index in [0.29, 0.717) is 0 Å². The molecule has 1 N–H and O–H groups in total. The van der Waals surface area contributed by atoms with Crippen LogP contribution in [-0.4, -0.2) is 36.1 Å². The molecule has 0 atom stereocenters. The number of aromatic nitrogens is 1. The minimum absolute atomic E-state index is 0. The van der Waals surface area contributed by atoms with Crippen molar-refractivity contribution < 1.29 is 0 Å². The molecule has 0 aliphatic carbocycles. The number of likely N-dealkylation sites (N-methyl/N-ethyl adjacent to an activating group) is 1. The molecule has 0 amide bonds. The third-order valence-corrected chi connectivity index (χ3v) is 4.55. The van der Waals surface area contributed by atoms with Gasteiger partial charge in [0.05, 0.1) is 5.54 Å². The maximum absolute atomic E-state index is 6.24. The highest BCUT2D eigenvalue weighted by molar-refractivity contribution is 6.29. The van der Waals surface area contributed by atoms with E-state index in [1.165, 1.54) is 18.5 Å². The molecule has 0 radical (unpaired) electrons. The monoisotopic (exact) mass is 311 g/mol. The Morgan fingerprint density at radius 1 is 1.17 bits per heavy atom. The molecule has 1 spiro atoms. The van der Waals surface area contributed by atoms with E-state index in [2.05, 4.69) is 27.9 Å². The standard InChI is InChI=1S/C12H18ClN3.2ClH/c1-15-8-9-16-10(2-3-11(16)13)12(15)4-6-14-7-5-12;;/h2-3,14H,4-9H2,1H3;2*1H. The van der Waals surface area contributed by atoms with Crippen molar-refractivity contribution in [1.29, 1.82) is 0 Å². The molecular weight excluding hydrogens is 293 g/mol. The van der Waals surface area contributed by atoms with Gasteiger partial charge in [-0.2, -0.15) is 0 Å². The zero-order chi connectivity index (χ0) is 11.2. The molecule has 18 heavy (non-hydrogen) atoms. The van der Waals surface area contributed by atoms with Crippen LogP contribution in [0.15, 0.2) is 12.1 Å². The van der Waals surface area contributed by atoms with Crippen LogP contribution < -0.4 is 5.32 Å². The van der Waals surface area contributed by atoms with Crippen molar-refractivity contribution in [3.8, 4) is 0 Å². The molecule has 0 aromatic carbocycles. The first-order valence-corrected chi connectivity index (χ1v) is 6.39. The minimum atomic E-state index is 0. The maximum Gasteiger partial charge on any atom is 0.109 e. The van der Waals surface area contributed by atoms with Crippen molar-refractivity contribution in [2.24, 2.45) is 0 Å². The van der Waals surface area contributed by atoms with Crippen LogP contribution in [-0.2, 0) is 12.1 Å². The fourth-order valence-corrected chi connectivity index (χ4v) is 3.45. The fourth-order valence-electron chi connectivity index (χ4n) is 3.21. The number of hydrogen-bond acceptors (Lipinski definition) is 2. The third-order valence-electron chi connectivity index (χ3n) is 4.22. The van der Waals surface area contributed by atoms with Crippen molar-refractivity contribution in [3.63, 3.8) is 0 Å². The molecule has 0 bridgehead atoms. The summed E-state index contributed by atoms with van der Waals surface area (Å²) in [6.45, 7) is 4.33. The summed E-state index contributed by atoms with van der Waals surface area (Å²) in [4.78, 5) is 2.51. The Balaban J connectivity index is 0.000000810. The first-order chi connectivity index (χ1) is 7.74. The summed E-state index contributed by atoms with van der Waals surface area (Å²) < 4.78 is 2.28. The molecular formula is C12H20Cl3N3. The average molecular weight is 313 g/mol. The molecule has 0 saturated carbocycles. The number of rotatable bonds is 0. The van der Waals surface area contributed by atoms with Crippen molar-refractivity contribution in [2.45, 2.75) is 24.9 Å². The third kappa shape index (κ3) is 2.27.